The average molecular weight is 386 g/mol. The second kappa shape index (κ2) is 8.97. The monoisotopic (exact) mass is 386 g/mol. The molecule has 0 saturated carbocycles. The molecule has 2 N–H and O–H groups in total. The highest BCUT2D eigenvalue weighted by atomic mass is 16.2. The molecule has 0 radical (unpaired) electrons. The predicted molar refractivity (Wildman–Crippen MR) is 113 cm³/mol. The molecular formula is C24H22N2O3. The molecule has 0 atom stereocenters. The van der Waals surface area contributed by atoms with Crippen molar-refractivity contribution in [2.24, 2.45) is 0 Å². The van der Waals surface area contributed by atoms with E-state index in [1.807, 2.05) is 62.4 Å². The number of carbonyl (C=O) groups excluding carboxylic acids is 3. The van der Waals surface area contributed by atoms with Crippen LogP contribution in [0.3, 0.4) is 0 Å². The molecule has 3 aromatic carbocycles. The zero-order valence-electron chi connectivity index (χ0n) is 16.4. The number of benzene rings is 3. The quantitative estimate of drug-likeness (QED) is 0.496. The van der Waals surface area contributed by atoms with Crippen LogP contribution in [0.1, 0.15) is 37.4 Å². The molecule has 5 heteroatoms. The van der Waals surface area contributed by atoms with Crippen molar-refractivity contribution in [1.29, 1.82) is 0 Å². The van der Waals surface area contributed by atoms with Crippen LogP contribution in [0, 0.1) is 13.8 Å². The second-order valence-corrected chi connectivity index (χ2v) is 6.78. The average Bonchev–Trinajstić information content (AvgIpc) is 2.75. The number of rotatable bonds is 6. The van der Waals surface area contributed by atoms with Crippen molar-refractivity contribution >= 4 is 23.3 Å². The Labute approximate surface area is 169 Å². The molecule has 3 aromatic rings. The standard InChI is InChI=1S/C24H22N2O3/c1-16-7-6-10-21(17(16)2)26-23(28)20-13-11-19(12-14-20)22(27)24(29)25-15-18-8-4-3-5-9-18/h3-14H,15H2,1-2H3,(H,25,29)(H,26,28). The maximum Gasteiger partial charge on any atom is 0.292 e. The number of hydrogen-bond donors (Lipinski definition) is 2. The number of aryl methyl sites for hydroxylation is 1. The maximum absolute atomic E-state index is 12.5. The van der Waals surface area contributed by atoms with Gasteiger partial charge in [0.15, 0.2) is 0 Å². The molecular weight excluding hydrogens is 364 g/mol. The van der Waals surface area contributed by atoms with Gasteiger partial charge in [-0.05, 0) is 48.7 Å². The first-order chi connectivity index (χ1) is 14.0. The summed E-state index contributed by atoms with van der Waals surface area (Å²) in [6.07, 6.45) is 0. The third-order valence-electron chi connectivity index (χ3n) is 4.76. The molecule has 0 aliphatic heterocycles. The lowest BCUT2D eigenvalue weighted by Crippen LogP contribution is -2.30. The van der Waals surface area contributed by atoms with Gasteiger partial charge in [0.1, 0.15) is 0 Å². The molecule has 0 unspecified atom stereocenters. The van der Waals surface area contributed by atoms with E-state index in [0.717, 1.165) is 22.4 Å². The van der Waals surface area contributed by atoms with Gasteiger partial charge in [-0.15, -0.1) is 0 Å². The first-order valence-electron chi connectivity index (χ1n) is 9.30. The summed E-state index contributed by atoms with van der Waals surface area (Å²) in [5, 5.41) is 5.49. The Morgan fingerprint density at radius 2 is 1.41 bits per heavy atom. The first-order valence-corrected chi connectivity index (χ1v) is 9.30. The highest BCUT2D eigenvalue weighted by molar-refractivity contribution is 6.42. The number of hydrogen-bond acceptors (Lipinski definition) is 3. The van der Waals surface area contributed by atoms with Crippen molar-refractivity contribution in [3.63, 3.8) is 0 Å². The fourth-order valence-electron chi connectivity index (χ4n) is 2.84. The van der Waals surface area contributed by atoms with Crippen LogP contribution in [0.25, 0.3) is 0 Å². The summed E-state index contributed by atoms with van der Waals surface area (Å²) in [6, 6.07) is 21.1. The summed E-state index contributed by atoms with van der Waals surface area (Å²) in [6.45, 7) is 4.21. The number of ketones is 1. The van der Waals surface area contributed by atoms with E-state index in [0.29, 0.717) is 5.56 Å². The second-order valence-electron chi connectivity index (χ2n) is 6.78. The Bertz CT molecular complexity index is 1040. The minimum Gasteiger partial charge on any atom is -0.345 e. The predicted octanol–water partition coefficient (Wildman–Crippen LogP) is 4.05. The summed E-state index contributed by atoms with van der Waals surface area (Å²) < 4.78 is 0. The van der Waals surface area contributed by atoms with Gasteiger partial charge in [-0.1, -0.05) is 54.6 Å². The van der Waals surface area contributed by atoms with Gasteiger partial charge in [0.2, 0.25) is 5.78 Å². The molecule has 5 nitrogen and oxygen atoms in total. The van der Waals surface area contributed by atoms with Crippen LogP contribution in [-0.2, 0) is 11.3 Å². The van der Waals surface area contributed by atoms with E-state index in [4.69, 9.17) is 0 Å². The molecule has 0 aliphatic rings. The number of anilines is 1. The lowest BCUT2D eigenvalue weighted by atomic mass is 10.1. The molecule has 0 saturated heterocycles. The Morgan fingerprint density at radius 1 is 0.759 bits per heavy atom. The van der Waals surface area contributed by atoms with Gasteiger partial charge in [0, 0.05) is 23.4 Å². The van der Waals surface area contributed by atoms with Crippen molar-refractivity contribution in [2.75, 3.05) is 5.32 Å². The van der Waals surface area contributed by atoms with Crippen LogP contribution in [0.5, 0.6) is 0 Å². The van der Waals surface area contributed by atoms with Crippen molar-refractivity contribution in [1.82, 2.24) is 5.32 Å². The summed E-state index contributed by atoms with van der Waals surface area (Å²) in [5.41, 5.74) is 4.39. The SMILES string of the molecule is Cc1cccc(NC(=O)c2ccc(C(=O)C(=O)NCc3ccccc3)cc2)c1C. The van der Waals surface area contributed by atoms with E-state index in [1.165, 1.54) is 24.3 Å². The third kappa shape index (κ3) is 4.96. The molecule has 0 bridgehead atoms. The molecule has 0 spiro atoms. The van der Waals surface area contributed by atoms with E-state index in [9.17, 15) is 14.4 Å². The summed E-state index contributed by atoms with van der Waals surface area (Å²) in [5.74, 6) is -1.59. The smallest absolute Gasteiger partial charge is 0.292 e. The lowest BCUT2D eigenvalue weighted by Gasteiger charge is -2.10. The fraction of sp³-hybridized carbons (Fsp3) is 0.125. The lowest BCUT2D eigenvalue weighted by molar-refractivity contribution is -0.117. The Balaban J connectivity index is 1.62. The minimum atomic E-state index is -0.679. The molecule has 0 fully saturated rings. The molecule has 2 amide bonds. The van der Waals surface area contributed by atoms with E-state index in [-0.39, 0.29) is 18.0 Å². The van der Waals surface area contributed by atoms with Crippen LogP contribution in [0.2, 0.25) is 0 Å². The van der Waals surface area contributed by atoms with Crippen molar-refractivity contribution in [3.8, 4) is 0 Å². The Kier molecular flexibility index (Phi) is 6.19. The van der Waals surface area contributed by atoms with Crippen LogP contribution in [0.15, 0.2) is 72.8 Å². The molecule has 0 aliphatic carbocycles. The van der Waals surface area contributed by atoms with Gasteiger partial charge < -0.3 is 10.6 Å². The normalized spacial score (nSPS) is 10.3. The van der Waals surface area contributed by atoms with E-state index in [2.05, 4.69) is 10.6 Å². The van der Waals surface area contributed by atoms with Crippen molar-refractivity contribution < 1.29 is 14.4 Å². The van der Waals surface area contributed by atoms with Gasteiger partial charge in [-0.3, -0.25) is 14.4 Å². The van der Waals surface area contributed by atoms with Crippen LogP contribution in [0.4, 0.5) is 5.69 Å². The van der Waals surface area contributed by atoms with Crippen molar-refractivity contribution in [2.45, 2.75) is 20.4 Å². The van der Waals surface area contributed by atoms with Crippen LogP contribution >= 0.6 is 0 Å². The zero-order chi connectivity index (χ0) is 20.8. The van der Waals surface area contributed by atoms with Crippen LogP contribution in [-0.4, -0.2) is 17.6 Å². The highest BCUT2D eigenvalue weighted by Gasteiger charge is 2.17. The highest BCUT2D eigenvalue weighted by Crippen LogP contribution is 2.19. The zero-order valence-corrected chi connectivity index (χ0v) is 16.4. The fourth-order valence-corrected chi connectivity index (χ4v) is 2.84. The largest absolute Gasteiger partial charge is 0.345 e. The van der Waals surface area contributed by atoms with Gasteiger partial charge in [-0.2, -0.15) is 0 Å². The molecule has 3 rings (SSSR count). The topological polar surface area (TPSA) is 75.3 Å². The summed E-state index contributed by atoms with van der Waals surface area (Å²) in [4.78, 5) is 36.9. The summed E-state index contributed by atoms with van der Waals surface area (Å²) in [7, 11) is 0. The number of Topliss-reactive ketones (excluding diaryl/α,β-unsaturated/α-hetero) is 1. The van der Waals surface area contributed by atoms with Gasteiger partial charge in [0.25, 0.3) is 11.8 Å². The number of nitrogens with one attached hydrogen (secondary N) is 2. The van der Waals surface area contributed by atoms with Crippen LogP contribution < -0.4 is 10.6 Å². The van der Waals surface area contributed by atoms with Gasteiger partial charge in [-0.25, -0.2) is 0 Å². The first kappa shape index (κ1) is 20.0. The minimum absolute atomic E-state index is 0.235. The van der Waals surface area contributed by atoms with E-state index >= 15 is 0 Å². The molecule has 146 valence electrons. The Morgan fingerprint density at radius 3 is 2.10 bits per heavy atom. The Hall–Kier alpha value is -3.73. The summed E-state index contributed by atoms with van der Waals surface area (Å²) >= 11 is 0. The third-order valence-corrected chi connectivity index (χ3v) is 4.76. The van der Waals surface area contributed by atoms with E-state index < -0.39 is 11.7 Å². The molecule has 0 heterocycles. The number of carbonyl (C=O) groups is 3. The van der Waals surface area contributed by atoms with Crippen molar-refractivity contribution in [3.05, 3.63) is 101 Å². The molecule has 0 aromatic heterocycles. The molecule has 29 heavy (non-hydrogen) atoms. The van der Waals surface area contributed by atoms with Gasteiger partial charge >= 0.3 is 0 Å². The maximum atomic E-state index is 12.5. The number of amides is 2. The van der Waals surface area contributed by atoms with Gasteiger partial charge in [0.05, 0.1) is 0 Å². The van der Waals surface area contributed by atoms with E-state index in [1.54, 1.807) is 0 Å².